The Labute approximate surface area is 148 Å². The number of carbonyl (C=O) groups is 2. The van der Waals surface area contributed by atoms with Crippen molar-refractivity contribution < 1.29 is 9.59 Å². The number of aromatic nitrogens is 1. The van der Waals surface area contributed by atoms with Crippen LogP contribution in [-0.4, -0.2) is 46.2 Å². The molecule has 2 amide bonds. The first-order valence-electron chi connectivity index (χ1n) is 9.31. The lowest BCUT2D eigenvalue weighted by Gasteiger charge is -2.44. The van der Waals surface area contributed by atoms with E-state index >= 15 is 0 Å². The minimum atomic E-state index is -0.0456. The van der Waals surface area contributed by atoms with Gasteiger partial charge in [-0.25, -0.2) is 0 Å². The maximum atomic E-state index is 12.8. The van der Waals surface area contributed by atoms with E-state index in [1.807, 2.05) is 24.8 Å². The molecule has 2 aliphatic heterocycles. The van der Waals surface area contributed by atoms with Gasteiger partial charge in [0, 0.05) is 35.6 Å². The highest BCUT2D eigenvalue weighted by Gasteiger charge is 2.40. The topological polar surface area (TPSA) is 56.4 Å². The van der Waals surface area contributed by atoms with Crippen LogP contribution in [0.5, 0.6) is 0 Å². The first kappa shape index (κ1) is 16.2. The molecule has 3 heterocycles. The highest BCUT2D eigenvalue weighted by molar-refractivity contribution is 5.89. The number of rotatable bonds is 3. The van der Waals surface area contributed by atoms with Crippen LogP contribution in [0.4, 0.5) is 0 Å². The van der Waals surface area contributed by atoms with Gasteiger partial charge in [-0.2, -0.15) is 0 Å². The van der Waals surface area contributed by atoms with Gasteiger partial charge in [-0.05, 0) is 30.9 Å². The van der Waals surface area contributed by atoms with Crippen molar-refractivity contribution >= 4 is 22.7 Å². The van der Waals surface area contributed by atoms with Crippen molar-refractivity contribution in [1.82, 2.24) is 14.8 Å². The van der Waals surface area contributed by atoms with Crippen LogP contribution in [0.15, 0.2) is 24.3 Å². The fraction of sp³-hybridized carbons (Fsp3) is 0.500. The molecule has 5 heteroatoms. The van der Waals surface area contributed by atoms with Gasteiger partial charge in [0.1, 0.15) is 0 Å². The second kappa shape index (κ2) is 6.21. The monoisotopic (exact) mass is 339 g/mol. The molecule has 1 saturated heterocycles. The second-order valence-corrected chi connectivity index (χ2v) is 7.15. The van der Waals surface area contributed by atoms with Crippen molar-refractivity contribution in [1.29, 1.82) is 0 Å². The zero-order valence-electron chi connectivity index (χ0n) is 14.9. The van der Waals surface area contributed by atoms with E-state index in [1.54, 1.807) is 4.90 Å². The lowest BCUT2D eigenvalue weighted by atomic mass is 9.94. The third kappa shape index (κ3) is 2.53. The SMILES string of the molecule is CCC(CC)C(=O)N1CC(=O)N2CCc3c([nH]c4ccccc34)C2C1. The molecule has 1 fully saturated rings. The summed E-state index contributed by atoms with van der Waals surface area (Å²) in [6.45, 7) is 5.65. The number of hydrogen-bond donors (Lipinski definition) is 1. The lowest BCUT2D eigenvalue weighted by molar-refractivity contribution is -0.151. The molecule has 0 saturated carbocycles. The Balaban J connectivity index is 1.69. The van der Waals surface area contributed by atoms with Crippen molar-refractivity contribution in [3.8, 4) is 0 Å². The molecule has 0 aliphatic carbocycles. The van der Waals surface area contributed by atoms with Gasteiger partial charge in [0.2, 0.25) is 11.8 Å². The number of piperazine rings is 1. The Morgan fingerprint density at radius 2 is 2.04 bits per heavy atom. The summed E-state index contributed by atoms with van der Waals surface area (Å²) in [5.41, 5.74) is 3.54. The van der Waals surface area contributed by atoms with Crippen LogP contribution in [0, 0.1) is 5.92 Å². The zero-order valence-corrected chi connectivity index (χ0v) is 14.9. The van der Waals surface area contributed by atoms with Crippen molar-refractivity contribution in [3.63, 3.8) is 0 Å². The average molecular weight is 339 g/mol. The Morgan fingerprint density at radius 3 is 2.80 bits per heavy atom. The van der Waals surface area contributed by atoms with Gasteiger partial charge in [0.05, 0.1) is 12.6 Å². The number of aromatic amines is 1. The van der Waals surface area contributed by atoms with Gasteiger partial charge in [0.25, 0.3) is 0 Å². The van der Waals surface area contributed by atoms with E-state index in [-0.39, 0.29) is 30.3 Å². The minimum Gasteiger partial charge on any atom is -0.356 e. The predicted molar refractivity (Wildman–Crippen MR) is 97.1 cm³/mol. The fourth-order valence-corrected chi connectivity index (χ4v) is 4.40. The first-order chi connectivity index (χ1) is 12.1. The molecular weight excluding hydrogens is 314 g/mol. The Morgan fingerprint density at radius 1 is 1.28 bits per heavy atom. The molecular formula is C20H25N3O2. The molecule has 4 rings (SSSR count). The largest absolute Gasteiger partial charge is 0.356 e. The Kier molecular flexibility index (Phi) is 4.02. The van der Waals surface area contributed by atoms with Crippen LogP contribution in [0.1, 0.15) is 44.0 Å². The van der Waals surface area contributed by atoms with Crippen molar-refractivity contribution in [2.75, 3.05) is 19.6 Å². The van der Waals surface area contributed by atoms with Gasteiger partial charge in [-0.3, -0.25) is 9.59 Å². The third-order valence-electron chi connectivity index (χ3n) is 5.85. The van der Waals surface area contributed by atoms with E-state index in [4.69, 9.17) is 0 Å². The summed E-state index contributed by atoms with van der Waals surface area (Å²) < 4.78 is 0. The number of nitrogens with one attached hydrogen (secondary N) is 1. The molecule has 0 bridgehead atoms. The smallest absolute Gasteiger partial charge is 0.242 e. The molecule has 1 unspecified atom stereocenters. The molecule has 0 spiro atoms. The average Bonchev–Trinajstić information content (AvgIpc) is 3.01. The quantitative estimate of drug-likeness (QED) is 0.935. The van der Waals surface area contributed by atoms with Crippen LogP contribution in [0.25, 0.3) is 10.9 Å². The normalized spacial score (nSPS) is 20.1. The molecule has 5 nitrogen and oxygen atoms in total. The number of amides is 2. The Bertz CT molecular complexity index is 821. The van der Waals surface area contributed by atoms with Crippen molar-refractivity contribution in [2.24, 2.45) is 5.92 Å². The summed E-state index contributed by atoms with van der Waals surface area (Å²) >= 11 is 0. The van der Waals surface area contributed by atoms with Gasteiger partial charge in [-0.1, -0.05) is 32.0 Å². The van der Waals surface area contributed by atoms with Crippen LogP contribution >= 0.6 is 0 Å². The Hall–Kier alpha value is -2.30. The summed E-state index contributed by atoms with van der Waals surface area (Å²) in [4.78, 5) is 32.7. The van der Waals surface area contributed by atoms with Crippen LogP contribution < -0.4 is 0 Å². The maximum absolute atomic E-state index is 12.8. The predicted octanol–water partition coefficient (Wildman–Crippen LogP) is 2.87. The lowest BCUT2D eigenvalue weighted by Crippen LogP contribution is -2.56. The van der Waals surface area contributed by atoms with E-state index in [0.717, 1.165) is 37.0 Å². The molecule has 1 atom stereocenters. The van der Waals surface area contributed by atoms with Crippen molar-refractivity contribution in [3.05, 3.63) is 35.5 Å². The van der Waals surface area contributed by atoms with E-state index in [1.165, 1.54) is 10.9 Å². The number of benzene rings is 1. The van der Waals surface area contributed by atoms with E-state index in [9.17, 15) is 9.59 Å². The number of nitrogens with zero attached hydrogens (tertiary/aromatic N) is 2. The van der Waals surface area contributed by atoms with E-state index in [0.29, 0.717) is 6.54 Å². The van der Waals surface area contributed by atoms with Crippen molar-refractivity contribution in [2.45, 2.75) is 39.2 Å². The standard InChI is InChI=1S/C20H25N3O2/c1-3-13(4-2)20(25)22-11-17-19-15(9-10-23(17)18(24)12-22)14-7-5-6-8-16(14)21-19/h5-8,13,17,21H,3-4,9-12H2,1-2H3. The first-order valence-corrected chi connectivity index (χ1v) is 9.31. The zero-order chi connectivity index (χ0) is 17.6. The summed E-state index contributed by atoms with van der Waals surface area (Å²) in [6.07, 6.45) is 2.53. The summed E-state index contributed by atoms with van der Waals surface area (Å²) in [7, 11) is 0. The highest BCUT2D eigenvalue weighted by atomic mass is 16.2. The molecule has 2 aliphatic rings. The molecule has 132 valence electrons. The summed E-state index contributed by atoms with van der Waals surface area (Å²) in [6, 6.07) is 8.25. The van der Waals surface area contributed by atoms with Crippen LogP contribution in [-0.2, 0) is 16.0 Å². The molecule has 25 heavy (non-hydrogen) atoms. The van der Waals surface area contributed by atoms with Crippen LogP contribution in [0.2, 0.25) is 0 Å². The summed E-state index contributed by atoms with van der Waals surface area (Å²) in [5.74, 6) is 0.214. The molecule has 1 N–H and O–H groups in total. The summed E-state index contributed by atoms with van der Waals surface area (Å²) in [5, 5.41) is 1.24. The number of fused-ring (bicyclic) bond motifs is 5. The number of hydrogen-bond acceptors (Lipinski definition) is 2. The highest BCUT2D eigenvalue weighted by Crippen LogP contribution is 2.37. The maximum Gasteiger partial charge on any atom is 0.242 e. The third-order valence-corrected chi connectivity index (χ3v) is 5.85. The van der Waals surface area contributed by atoms with E-state index in [2.05, 4.69) is 23.2 Å². The van der Waals surface area contributed by atoms with E-state index < -0.39 is 0 Å². The van der Waals surface area contributed by atoms with Gasteiger partial charge in [-0.15, -0.1) is 0 Å². The number of carbonyl (C=O) groups excluding carboxylic acids is 2. The van der Waals surface area contributed by atoms with Crippen LogP contribution in [0.3, 0.4) is 0 Å². The number of para-hydroxylation sites is 1. The second-order valence-electron chi connectivity index (χ2n) is 7.15. The molecule has 1 aromatic carbocycles. The fourth-order valence-electron chi connectivity index (χ4n) is 4.40. The molecule has 2 aromatic rings. The molecule has 0 radical (unpaired) electrons. The van der Waals surface area contributed by atoms with Gasteiger partial charge < -0.3 is 14.8 Å². The minimum absolute atomic E-state index is 0.0186. The number of H-pyrrole nitrogens is 1. The van der Waals surface area contributed by atoms with Gasteiger partial charge >= 0.3 is 0 Å². The molecule has 1 aromatic heterocycles. The van der Waals surface area contributed by atoms with Gasteiger partial charge in [0.15, 0.2) is 0 Å².